The molecule has 6 heteroatoms. The number of H-pyrrole nitrogens is 1. The summed E-state index contributed by atoms with van der Waals surface area (Å²) in [6.07, 6.45) is 3.26. The van der Waals surface area contributed by atoms with Crippen LogP contribution in [0.25, 0.3) is 0 Å². The lowest BCUT2D eigenvalue weighted by Crippen LogP contribution is -2.30. The van der Waals surface area contributed by atoms with Gasteiger partial charge in [0.1, 0.15) is 5.82 Å². The molecule has 1 saturated carbocycles. The minimum atomic E-state index is -0.100. The van der Waals surface area contributed by atoms with Crippen LogP contribution < -0.4 is 0 Å². The maximum Gasteiger partial charge on any atom is 0.293 e. The molecule has 0 saturated heterocycles. The Balaban J connectivity index is 1.84. The predicted octanol–water partition coefficient (Wildman–Crippen LogP) is 0.706. The summed E-state index contributed by atoms with van der Waals surface area (Å²) in [5.74, 6) is 1.55. The van der Waals surface area contributed by atoms with Gasteiger partial charge in [-0.25, -0.2) is 4.98 Å². The normalized spacial score (nSPS) is 15.1. The lowest BCUT2D eigenvalue weighted by Gasteiger charge is -2.16. The van der Waals surface area contributed by atoms with E-state index in [4.69, 9.17) is 0 Å². The predicted molar refractivity (Wildman–Crippen MR) is 68.5 cm³/mol. The Bertz CT molecular complexity index is 410. The van der Waals surface area contributed by atoms with Gasteiger partial charge in [0.05, 0.1) is 0 Å². The fourth-order valence-corrected chi connectivity index (χ4v) is 1.81. The Morgan fingerprint density at radius 2 is 2.06 bits per heavy atom. The minimum Gasteiger partial charge on any atom is -0.339 e. The first-order valence-electron chi connectivity index (χ1n) is 6.40. The fourth-order valence-electron chi connectivity index (χ4n) is 1.81. The van der Waals surface area contributed by atoms with E-state index in [9.17, 15) is 4.79 Å². The zero-order valence-corrected chi connectivity index (χ0v) is 11.3. The molecule has 0 atom stereocenters. The molecule has 1 aromatic heterocycles. The summed E-state index contributed by atoms with van der Waals surface area (Å²) in [4.78, 5) is 20.1. The molecule has 2 rings (SSSR count). The molecule has 0 radical (unpaired) electrons. The van der Waals surface area contributed by atoms with E-state index < -0.39 is 0 Å². The smallest absolute Gasteiger partial charge is 0.293 e. The second-order valence-corrected chi connectivity index (χ2v) is 5.20. The summed E-state index contributed by atoms with van der Waals surface area (Å²) in [7, 11) is 5.85. The summed E-state index contributed by atoms with van der Waals surface area (Å²) in [5.41, 5.74) is 0. The Labute approximate surface area is 107 Å². The lowest BCUT2D eigenvalue weighted by molar-refractivity contribution is 0.0779. The number of rotatable bonds is 6. The van der Waals surface area contributed by atoms with Gasteiger partial charge in [0.2, 0.25) is 5.82 Å². The molecule has 1 heterocycles. The number of carbonyl (C=O) groups excluding carboxylic acids is 1. The van der Waals surface area contributed by atoms with Crippen molar-refractivity contribution >= 4 is 5.91 Å². The molecular weight excluding hydrogens is 230 g/mol. The van der Waals surface area contributed by atoms with E-state index in [1.54, 1.807) is 11.9 Å². The largest absolute Gasteiger partial charge is 0.339 e. The molecule has 0 spiro atoms. The zero-order chi connectivity index (χ0) is 13.1. The highest BCUT2D eigenvalue weighted by atomic mass is 16.2. The van der Waals surface area contributed by atoms with Gasteiger partial charge in [0, 0.05) is 19.5 Å². The Kier molecular flexibility index (Phi) is 3.96. The Morgan fingerprint density at radius 3 is 2.67 bits per heavy atom. The summed E-state index contributed by atoms with van der Waals surface area (Å²) in [6.45, 7) is 1.70. The molecule has 0 aliphatic heterocycles. The first-order chi connectivity index (χ1) is 8.58. The maximum absolute atomic E-state index is 12.0. The third kappa shape index (κ3) is 3.29. The van der Waals surface area contributed by atoms with Gasteiger partial charge < -0.3 is 9.80 Å². The molecule has 0 aromatic carbocycles. The molecule has 1 aromatic rings. The van der Waals surface area contributed by atoms with Crippen molar-refractivity contribution in [3.05, 3.63) is 11.6 Å². The highest BCUT2D eigenvalue weighted by Gasteiger charge is 2.28. The van der Waals surface area contributed by atoms with Crippen molar-refractivity contribution in [2.75, 3.05) is 34.2 Å². The van der Waals surface area contributed by atoms with Crippen molar-refractivity contribution in [2.45, 2.75) is 25.2 Å². The van der Waals surface area contributed by atoms with Gasteiger partial charge in [-0.1, -0.05) is 0 Å². The van der Waals surface area contributed by atoms with Gasteiger partial charge >= 0.3 is 0 Å². The average Bonchev–Trinajstić information content (AvgIpc) is 3.06. The van der Waals surface area contributed by atoms with E-state index in [2.05, 4.69) is 20.1 Å². The third-order valence-corrected chi connectivity index (χ3v) is 3.10. The van der Waals surface area contributed by atoms with Crippen LogP contribution in [0.3, 0.4) is 0 Å². The second-order valence-electron chi connectivity index (χ2n) is 5.20. The van der Waals surface area contributed by atoms with Crippen LogP contribution in [0, 0.1) is 0 Å². The average molecular weight is 251 g/mol. The SMILES string of the molecule is CN(C)CCCN(C)C(=O)c1n[nH]c(C2CC2)n1. The molecule has 18 heavy (non-hydrogen) atoms. The molecular formula is C12H21N5O. The molecule has 1 fully saturated rings. The van der Waals surface area contributed by atoms with Crippen LogP contribution in [0.4, 0.5) is 0 Å². The van der Waals surface area contributed by atoms with Crippen LogP contribution in [0.2, 0.25) is 0 Å². The van der Waals surface area contributed by atoms with Crippen LogP contribution in [0.5, 0.6) is 0 Å². The van der Waals surface area contributed by atoms with Crippen molar-refractivity contribution in [1.29, 1.82) is 0 Å². The van der Waals surface area contributed by atoms with E-state index in [-0.39, 0.29) is 5.91 Å². The van der Waals surface area contributed by atoms with Crippen LogP contribution in [-0.2, 0) is 0 Å². The fraction of sp³-hybridized carbons (Fsp3) is 0.750. The van der Waals surface area contributed by atoms with Crippen LogP contribution in [0.1, 0.15) is 41.6 Å². The van der Waals surface area contributed by atoms with Gasteiger partial charge in [-0.05, 0) is 39.9 Å². The number of nitrogens with zero attached hydrogens (tertiary/aromatic N) is 4. The molecule has 1 amide bonds. The maximum atomic E-state index is 12.0. The number of hydrogen-bond acceptors (Lipinski definition) is 4. The Hall–Kier alpha value is -1.43. The monoisotopic (exact) mass is 251 g/mol. The summed E-state index contributed by atoms with van der Waals surface area (Å²) in [5, 5.41) is 6.86. The number of aromatic nitrogens is 3. The summed E-state index contributed by atoms with van der Waals surface area (Å²) in [6, 6.07) is 0. The van der Waals surface area contributed by atoms with Crippen molar-refractivity contribution < 1.29 is 4.79 Å². The quantitative estimate of drug-likeness (QED) is 0.808. The van der Waals surface area contributed by atoms with E-state index in [1.807, 2.05) is 14.1 Å². The second kappa shape index (κ2) is 5.48. The molecule has 6 nitrogen and oxygen atoms in total. The number of amides is 1. The van der Waals surface area contributed by atoms with Crippen molar-refractivity contribution in [2.24, 2.45) is 0 Å². The number of aromatic amines is 1. The molecule has 1 N–H and O–H groups in total. The molecule has 1 aliphatic rings. The highest BCUT2D eigenvalue weighted by Crippen LogP contribution is 2.37. The number of nitrogens with one attached hydrogen (secondary N) is 1. The topological polar surface area (TPSA) is 65.1 Å². The third-order valence-electron chi connectivity index (χ3n) is 3.10. The number of hydrogen-bond donors (Lipinski definition) is 1. The molecule has 0 bridgehead atoms. The van der Waals surface area contributed by atoms with E-state index in [1.165, 1.54) is 0 Å². The van der Waals surface area contributed by atoms with E-state index >= 15 is 0 Å². The first-order valence-corrected chi connectivity index (χ1v) is 6.40. The van der Waals surface area contributed by atoms with E-state index in [0.717, 1.165) is 38.2 Å². The van der Waals surface area contributed by atoms with Gasteiger partial charge in [-0.15, -0.1) is 5.10 Å². The number of carbonyl (C=O) groups is 1. The standard InChI is InChI=1S/C12H21N5O/c1-16(2)7-4-8-17(3)12(18)11-13-10(14-15-11)9-5-6-9/h9H,4-8H2,1-3H3,(H,13,14,15). The lowest BCUT2D eigenvalue weighted by atomic mass is 10.3. The van der Waals surface area contributed by atoms with Crippen molar-refractivity contribution in [3.8, 4) is 0 Å². The van der Waals surface area contributed by atoms with E-state index in [0.29, 0.717) is 11.7 Å². The first kappa shape index (κ1) is 13.0. The molecule has 1 aliphatic carbocycles. The van der Waals surface area contributed by atoms with Gasteiger partial charge in [-0.2, -0.15) is 0 Å². The van der Waals surface area contributed by atoms with Gasteiger partial charge in [0.25, 0.3) is 5.91 Å². The van der Waals surface area contributed by atoms with Crippen molar-refractivity contribution in [1.82, 2.24) is 25.0 Å². The summed E-state index contributed by atoms with van der Waals surface area (Å²) < 4.78 is 0. The molecule has 0 unspecified atom stereocenters. The molecule has 100 valence electrons. The van der Waals surface area contributed by atoms with Crippen LogP contribution in [-0.4, -0.2) is 65.1 Å². The minimum absolute atomic E-state index is 0.100. The Morgan fingerprint density at radius 1 is 1.33 bits per heavy atom. The zero-order valence-electron chi connectivity index (χ0n) is 11.3. The van der Waals surface area contributed by atoms with Gasteiger partial charge in [-0.3, -0.25) is 9.89 Å². The van der Waals surface area contributed by atoms with Crippen LogP contribution >= 0.6 is 0 Å². The summed E-state index contributed by atoms with van der Waals surface area (Å²) >= 11 is 0. The van der Waals surface area contributed by atoms with Crippen LogP contribution in [0.15, 0.2) is 0 Å². The highest BCUT2D eigenvalue weighted by molar-refractivity contribution is 5.90. The van der Waals surface area contributed by atoms with Crippen molar-refractivity contribution in [3.63, 3.8) is 0 Å². The van der Waals surface area contributed by atoms with Gasteiger partial charge in [0.15, 0.2) is 0 Å².